The van der Waals surface area contributed by atoms with Crippen molar-refractivity contribution in [2.75, 3.05) is 26.0 Å². The molecule has 0 fully saturated rings. The van der Waals surface area contributed by atoms with Gasteiger partial charge in [0, 0.05) is 18.3 Å². The zero-order valence-corrected chi connectivity index (χ0v) is 10.2. The van der Waals surface area contributed by atoms with Gasteiger partial charge in [-0.1, -0.05) is 0 Å². The summed E-state index contributed by atoms with van der Waals surface area (Å²) in [5, 5.41) is 11.7. The third-order valence-corrected chi connectivity index (χ3v) is 2.68. The van der Waals surface area contributed by atoms with Crippen molar-refractivity contribution in [3.05, 3.63) is 29.6 Å². The van der Waals surface area contributed by atoms with E-state index in [0.717, 1.165) is 0 Å². The first kappa shape index (κ1) is 13.4. The summed E-state index contributed by atoms with van der Waals surface area (Å²) in [6.07, 6.45) is 0. The van der Waals surface area contributed by atoms with Crippen LogP contribution >= 0.6 is 0 Å². The number of hydrogen-bond donors (Lipinski definition) is 2. The van der Waals surface area contributed by atoms with Gasteiger partial charge in [0.2, 0.25) is 0 Å². The van der Waals surface area contributed by atoms with E-state index in [1.807, 2.05) is 25.9 Å². The zero-order chi connectivity index (χ0) is 13.0. The SMILES string of the molecule is CC(CNc1ccc(C(=O)O)c(F)c1)N(C)C. The van der Waals surface area contributed by atoms with Crippen LogP contribution in [0.15, 0.2) is 18.2 Å². The van der Waals surface area contributed by atoms with E-state index in [1.54, 1.807) is 6.07 Å². The van der Waals surface area contributed by atoms with Crippen LogP contribution in [0.4, 0.5) is 10.1 Å². The maximum absolute atomic E-state index is 13.4. The summed E-state index contributed by atoms with van der Waals surface area (Å²) in [5.41, 5.74) is 0.275. The zero-order valence-electron chi connectivity index (χ0n) is 10.2. The van der Waals surface area contributed by atoms with E-state index >= 15 is 0 Å². The minimum atomic E-state index is -1.25. The lowest BCUT2D eigenvalue weighted by Gasteiger charge is -2.20. The molecule has 0 spiro atoms. The maximum atomic E-state index is 13.4. The van der Waals surface area contributed by atoms with Gasteiger partial charge in [0.1, 0.15) is 5.82 Å². The monoisotopic (exact) mass is 240 g/mol. The molecular formula is C12H17FN2O2. The van der Waals surface area contributed by atoms with E-state index < -0.39 is 11.8 Å². The number of nitrogens with zero attached hydrogens (tertiary/aromatic N) is 1. The third-order valence-electron chi connectivity index (χ3n) is 2.68. The van der Waals surface area contributed by atoms with Gasteiger partial charge < -0.3 is 15.3 Å². The molecule has 0 aromatic heterocycles. The summed E-state index contributed by atoms with van der Waals surface area (Å²) in [6.45, 7) is 2.70. The topological polar surface area (TPSA) is 52.6 Å². The van der Waals surface area contributed by atoms with Crippen LogP contribution in [0.5, 0.6) is 0 Å². The van der Waals surface area contributed by atoms with Crippen molar-refractivity contribution in [3.63, 3.8) is 0 Å². The van der Waals surface area contributed by atoms with Gasteiger partial charge in [-0.05, 0) is 39.2 Å². The van der Waals surface area contributed by atoms with Crippen LogP contribution in [-0.2, 0) is 0 Å². The van der Waals surface area contributed by atoms with E-state index in [-0.39, 0.29) is 5.56 Å². The quantitative estimate of drug-likeness (QED) is 0.825. The first-order valence-electron chi connectivity index (χ1n) is 5.35. The second-order valence-electron chi connectivity index (χ2n) is 4.19. The second kappa shape index (κ2) is 5.63. The number of hydrogen-bond acceptors (Lipinski definition) is 3. The van der Waals surface area contributed by atoms with Crippen molar-refractivity contribution in [2.45, 2.75) is 13.0 Å². The number of carboxylic acids is 1. The molecule has 0 radical (unpaired) electrons. The highest BCUT2D eigenvalue weighted by Gasteiger charge is 2.10. The standard InChI is InChI=1S/C12H17FN2O2/c1-8(15(2)3)7-14-9-4-5-10(12(16)17)11(13)6-9/h4-6,8,14H,7H2,1-3H3,(H,16,17). The number of carboxylic acid groups (broad SMARTS) is 1. The highest BCUT2D eigenvalue weighted by molar-refractivity contribution is 5.88. The Balaban J connectivity index is 2.68. The number of anilines is 1. The van der Waals surface area contributed by atoms with E-state index in [9.17, 15) is 9.18 Å². The van der Waals surface area contributed by atoms with Gasteiger partial charge in [0.15, 0.2) is 0 Å². The smallest absolute Gasteiger partial charge is 0.338 e. The predicted molar refractivity (Wildman–Crippen MR) is 65.0 cm³/mol. The van der Waals surface area contributed by atoms with E-state index in [0.29, 0.717) is 18.3 Å². The first-order valence-corrected chi connectivity index (χ1v) is 5.35. The molecule has 2 N–H and O–H groups in total. The molecule has 4 nitrogen and oxygen atoms in total. The molecule has 1 aromatic carbocycles. The highest BCUT2D eigenvalue weighted by atomic mass is 19.1. The summed E-state index contributed by atoms with van der Waals surface area (Å²) < 4.78 is 13.4. The molecule has 5 heteroatoms. The fourth-order valence-electron chi connectivity index (χ4n) is 1.25. The minimum absolute atomic E-state index is 0.303. The first-order chi connectivity index (χ1) is 7.91. The van der Waals surface area contributed by atoms with Crippen molar-refractivity contribution < 1.29 is 14.3 Å². The lowest BCUT2D eigenvalue weighted by atomic mass is 10.2. The molecule has 0 aliphatic rings. The van der Waals surface area contributed by atoms with Crippen molar-refractivity contribution in [3.8, 4) is 0 Å². The Labute approximate surface area is 100 Å². The summed E-state index contributed by atoms with van der Waals surface area (Å²) in [4.78, 5) is 12.7. The van der Waals surface area contributed by atoms with Crippen LogP contribution in [0, 0.1) is 5.82 Å². The largest absolute Gasteiger partial charge is 0.478 e. The summed E-state index contributed by atoms with van der Waals surface area (Å²) in [5.74, 6) is -1.98. The third kappa shape index (κ3) is 3.71. The van der Waals surface area contributed by atoms with Gasteiger partial charge in [0.05, 0.1) is 5.56 Å². The minimum Gasteiger partial charge on any atom is -0.478 e. The number of benzene rings is 1. The molecule has 0 aliphatic carbocycles. The van der Waals surface area contributed by atoms with Gasteiger partial charge in [0.25, 0.3) is 0 Å². The Bertz CT molecular complexity index is 407. The molecule has 0 aliphatic heterocycles. The fraction of sp³-hybridized carbons (Fsp3) is 0.417. The number of aromatic carboxylic acids is 1. The highest BCUT2D eigenvalue weighted by Crippen LogP contribution is 2.14. The molecule has 0 bridgehead atoms. The lowest BCUT2D eigenvalue weighted by molar-refractivity contribution is 0.0692. The molecule has 1 rings (SSSR count). The molecule has 1 atom stereocenters. The molecule has 17 heavy (non-hydrogen) atoms. The molecule has 0 amide bonds. The summed E-state index contributed by atoms with van der Waals surface area (Å²) in [6, 6.07) is 4.33. The Morgan fingerprint density at radius 2 is 2.18 bits per heavy atom. The summed E-state index contributed by atoms with van der Waals surface area (Å²) in [7, 11) is 3.92. The van der Waals surface area contributed by atoms with E-state index in [2.05, 4.69) is 5.32 Å². The van der Waals surface area contributed by atoms with E-state index in [1.165, 1.54) is 12.1 Å². The predicted octanol–water partition coefficient (Wildman–Crippen LogP) is 1.89. The molecular weight excluding hydrogens is 223 g/mol. The Kier molecular flexibility index (Phi) is 4.45. The molecule has 0 heterocycles. The molecule has 1 aromatic rings. The van der Waals surface area contributed by atoms with Gasteiger partial charge in [-0.3, -0.25) is 0 Å². The van der Waals surface area contributed by atoms with Crippen molar-refractivity contribution in [2.24, 2.45) is 0 Å². The van der Waals surface area contributed by atoms with Gasteiger partial charge in [-0.25, -0.2) is 9.18 Å². The normalized spacial score (nSPS) is 12.5. The number of nitrogens with one attached hydrogen (secondary N) is 1. The Morgan fingerprint density at radius 3 is 2.65 bits per heavy atom. The Morgan fingerprint density at radius 1 is 1.53 bits per heavy atom. The van der Waals surface area contributed by atoms with Gasteiger partial charge >= 0.3 is 5.97 Å². The van der Waals surface area contributed by atoms with Crippen LogP contribution in [0.25, 0.3) is 0 Å². The van der Waals surface area contributed by atoms with Crippen LogP contribution in [0.1, 0.15) is 17.3 Å². The van der Waals surface area contributed by atoms with E-state index in [4.69, 9.17) is 5.11 Å². The maximum Gasteiger partial charge on any atom is 0.338 e. The van der Waals surface area contributed by atoms with Crippen molar-refractivity contribution >= 4 is 11.7 Å². The summed E-state index contributed by atoms with van der Waals surface area (Å²) >= 11 is 0. The van der Waals surface area contributed by atoms with Gasteiger partial charge in [-0.15, -0.1) is 0 Å². The number of halogens is 1. The van der Waals surface area contributed by atoms with Crippen molar-refractivity contribution in [1.82, 2.24) is 4.90 Å². The lowest BCUT2D eigenvalue weighted by Crippen LogP contribution is -2.31. The average Bonchev–Trinajstić information content (AvgIpc) is 2.25. The average molecular weight is 240 g/mol. The number of carbonyl (C=O) groups is 1. The second-order valence-corrected chi connectivity index (χ2v) is 4.19. The molecule has 1 unspecified atom stereocenters. The van der Waals surface area contributed by atoms with Crippen molar-refractivity contribution in [1.29, 1.82) is 0 Å². The number of likely N-dealkylation sites (N-methyl/N-ethyl adjacent to an activating group) is 1. The molecule has 0 saturated carbocycles. The van der Waals surface area contributed by atoms with Crippen LogP contribution < -0.4 is 5.32 Å². The van der Waals surface area contributed by atoms with Gasteiger partial charge in [-0.2, -0.15) is 0 Å². The number of rotatable bonds is 5. The Hall–Kier alpha value is -1.62. The molecule has 0 saturated heterocycles. The fourth-order valence-corrected chi connectivity index (χ4v) is 1.25. The van der Waals surface area contributed by atoms with Crippen LogP contribution in [0.3, 0.4) is 0 Å². The molecule has 94 valence electrons. The van der Waals surface area contributed by atoms with Crippen LogP contribution in [0.2, 0.25) is 0 Å². The van der Waals surface area contributed by atoms with Crippen LogP contribution in [-0.4, -0.2) is 42.7 Å².